The number of carbonyl (C=O) groups is 1. The van der Waals surface area contributed by atoms with E-state index in [1.807, 2.05) is 24.8 Å². The molecule has 26 heavy (non-hydrogen) atoms. The number of aromatic nitrogens is 1. The van der Waals surface area contributed by atoms with Crippen molar-refractivity contribution in [2.24, 2.45) is 5.92 Å². The molecule has 1 atom stereocenters. The molecule has 3 rings (SSSR count). The lowest BCUT2D eigenvalue weighted by molar-refractivity contribution is -0.133. The first kappa shape index (κ1) is 18.6. The fourth-order valence-corrected chi connectivity index (χ4v) is 3.84. The van der Waals surface area contributed by atoms with Crippen molar-refractivity contribution in [1.82, 2.24) is 10.1 Å². The van der Waals surface area contributed by atoms with Gasteiger partial charge in [0.15, 0.2) is 0 Å². The van der Waals surface area contributed by atoms with E-state index in [1.54, 1.807) is 12.1 Å². The molecule has 2 aromatic rings. The minimum Gasteiger partial charge on any atom is -0.361 e. The number of benzene rings is 1. The Morgan fingerprint density at radius 2 is 2.19 bits per heavy atom. The molecule has 140 valence electrons. The summed E-state index contributed by atoms with van der Waals surface area (Å²) in [4.78, 5) is 14.6. The fourth-order valence-electron chi connectivity index (χ4n) is 3.84. The van der Waals surface area contributed by atoms with Gasteiger partial charge in [0.1, 0.15) is 11.6 Å². The number of aryl methyl sites for hydroxylation is 3. The summed E-state index contributed by atoms with van der Waals surface area (Å²) in [7, 11) is 0. The topological polar surface area (TPSA) is 46.3 Å². The van der Waals surface area contributed by atoms with Gasteiger partial charge >= 0.3 is 0 Å². The Bertz CT molecular complexity index is 737. The van der Waals surface area contributed by atoms with Crippen LogP contribution in [-0.4, -0.2) is 29.1 Å². The number of hydrogen-bond acceptors (Lipinski definition) is 3. The van der Waals surface area contributed by atoms with Crippen LogP contribution in [0.2, 0.25) is 0 Å². The number of hydrogen-bond donors (Lipinski definition) is 0. The molecule has 0 saturated carbocycles. The van der Waals surface area contributed by atoms with Crippen LogP contribution in [0, 0.1) is 25.6 Å². The van der Waals surface area contributed by atoms with E-state index in [1.165, 1.54) is 6.07 Å². The van der Waals surface area contributed by atoms with Crippen LogP contribution in [0.5, 0.6) is 0 Å². The van der Waals surface area contributed by atoms with Crippen molar-refractivity contribution in [3.8, 4) is 0 Å². The van der Waals surface area contributed by atoms with Crippen LogP contribution in [0.3, 0.4) is 0 Å². The Kier molecular flexibility index (Phi) is 6.07. The zero-order valence-electron chi connectivity index (χ0n) is 15.6. The normalized spacial score (nSPS) is 17.5. The van der Waals surface area contributed by atoms with Gasteiger partial charge in [0.2, 0.25) is 5.91 Å². The molecule has 1 aromatic heterocycles. The Hall–Kier alpha value is -2.17. The van der Waals surface area contributed by atoms with Crippen LogP contribution in [0.1, 0.15) is 48.3 Å². The van der Waals surface area contributed by atoms with Gasteiger partial charge in [-0.25, -0.2) is 4.39 Å². The van der Waals surface area contributed by atoms with E-state index in [-0.39, 0.29) is 11.7 Å². The van der Waals surface area contributed by atoms with E-state index in [0.717, 1.165) is 61.4 Å². The summed E-state index contributed by atoms with van der Waals surface area (Å²) in [5.74, 6) is 1.33. The number of piperidine rings is 1. The van der Waals surface area contributed by atoms with Crippen molar-refractivity contribution < 1.29 is 13.7 Å². The van der Waals surface area contributed by atoms with Gasteiger partial charge in [-0.2, -0.15) is 0 Å². The highest BCUT2D eigenvalue weighted by molar-refractivity contribution is 5.76. The third kappa shape index (κ3) is 4.71. The standard InChI is InChI=1S/C21H27FN2O2/c1-15-20(16(2)26-23-15)10-11-21(25)24-12-4-6-18(14-24)9-8-17-5-3-7-19(22)13-17/h3,5,7,13,18H,4,6,8-12,14H2,1-2H3/t18-/m0/s1. The van der Waals surface area contributed by atoms with Crippen molar-refractivity contribution >= 4 is 5.91 Å². The average molecular weight is 358 g/mol. The van der Waals surface area contributed by atoms with Crippen molar-refractivity contribution in [3.63, 3.8) is 0 Å². The van der Waals surface area contributed by atoms with Crippen LogP contribution < -0.4 is 0 Å². The largest absolute Gasteiger partial charge is 0.361 e. The summed E-state index contributed by atoms with van der Waals surface area (Å²) >= 11 is 0. The number of nitrogens with zero attached hydrogens (tertiary/aromatic N) is 2. The number of amides is 1. The van der Waals surface area contributed by atoms with Gasteiger partial charge in [0.05, 0.1) is 5.69 Å². The quantitative estimate of drug-likeness (QED) is 0.776. The third-order valence-corrected chi connectivity index (χ3v) is 5.37. The number of halogens is 1. The summed E-state index contributed by atoms with van der Waals surface area (Å²) in [5, 5.41) is 3.95. The Labute approximate surface area is 154 Å². The molecule has 0 spiro atoms. The first-order valence-corrected chi connectivity index (χ1v) is 9.47. The lowest BCUT2D eigenvalue weighted by Crippen LogP contribution is -2.40. The molecule has 0 aliphatic carbocycles. The molecule has 1 fully saturated rings. The summed E-state index contributed by atoms with van der Waals surface area (Å²) in [6, 6.07) is 6.81. The molecule has 1 saturated heterocycles. The van der Waals surface area contributed by atoms with Gasteiger partial charge in [-0.15, -0.1) is 0 Å². The van der Waals surface area contributed by atoms with Crippen LogP contribution >= 0.6 is 0 Å². The van der Waals surface area contributed by atoms with Crippen LogP contribution in [0.4, 0.5) is 4.39 Å². The van der Waals surface area contributed by atoms with Gasteiger partial charge in [-0.05, 0) is 69.6 Å². The van der Waals surface area contributed by atoms with E-state index in [2.05, 4.69) is 5.16 Å². The second kappa shape index (κ2) is 8.47. The maximum Gasteiger partial charge on any atom is 0.222 e. The number of likely N-dealkylation sites (tertiary alicyclic amines) is 1. The van der Waals surface area contributed by atoms with Crippen molar-refractivity contribution in [2.45, 2.75) is 52.4 Å². The second-order valence-electron chi connectivity index (χ2n) is 7.32. The van der Waals surface area contributed by atoms with E-state index in [4.69, 9.17) is 4.52 Å². The molecule has 1 amide bonds. The van der Waals surface area contributed by atoms with Gasteiger partial charge in [0, 0.05) is 25.1 Å². The zero-order valence-corrected chi connectivity index (χ0v) is 15.6. The molecule has 0 radical (unpaired) electrons. The molecule has 2 heterocycles. The predicted molar refractivity (Wildman–Crippen MR) is 98.3 cm³/mol. The molecule has 1 aromatic carbocycles. The van der Waals surface area contributed by atoms with Gasteiger partial charge in [-0.1, -0.05) is 17.3 Å². The Morgan fingerprint density at radius 1 is 1.35 bits per heavy atom. The van der Waals surface area contributed by atoms with Crippen LogP contribution in [0.25, 0.3) is 0 Å². The van der Waals surface area contributed by atoms with E-state index in [9.17, 15) is 9.18 Å². The van der Waals surface area contributed by atoms with E-state index >= 15 is 0 Å². The molecule has 5 heteroatoms. The maximum absolute atomic E-state index is 13.3. The Balaban J connectivity index is 1.48. The summed E-state index contributed by atoms with van der Waals surface area (Å²) < 4.78 is 18.5. The number of rotatable bonds is 6. The average Bonchev–Trinajstić information content (AvgIpc) is 2.96. The van der Waals surface area contributed by atoms with Crippen LogP contribution in [0.15, 0.2) is 28.8 Å². The van der Waals surface area contributed by atoms with Gasteiger partial charge in [0.25, 0.3) is 0 Å². The van der Waals surface area contributed by atoms with Crippen molar-refractivity contribution in [2.75, 3.05) is 13.1 Å². The fraction of sp³-hybridized carbons (Fsp3) is 0.524. The minimum absolute atomic E-state index is 0.178. The van der Waals surface area contributed by atoms with E-state index in [0.29, 0.717) is 18.8 Å². The third-order valence-electron chi connectivity index (χ3n) is 5.37. The SMILES string of the molecule is Cc1noc(C)c1CCC(=O)N1CCC[C@@H](CCc2cccc(F)c2)C1. The molecule has 0 unspecified atom stereocenters. The highest BCUT2D eigenvalue weighted by Crippen LogP contribution is 2.23. The monoisotopic (exact) mass is 358 g/mol. The lowest BCUT2D eigenvalue weighted by Gasteiger charge is -2.33. The smallest absolute Gasteiger partial charge is 0.222 e. The van der Waals surface area contributed by atoms with Crippen LogP contribution in [-0.2, 0) is 17.6 Å². The second-order valence-corrected chi connectivity index (χ2v) is 7.32. The van der Waals surface area contributed by atoms with Crippen molar-refractivity contribution in [1.29, 1.82) is 0 Å². The molecule has 0 bridgehead atoms. The highest BCUT2D eigenvalue weighted by atomic mass is 19.1. The molecule has 0 N–H and O–H groups in total. The lowest BCUT2D eigenvalue weighted by atomic mass is 9.91. The highest BCUT2D eigenvalue weighted by Gasteiger charge is 2.24. The zero-order chi connectivity index (χ0) is 18.5. The minimum atomic E-state index is -0.178. The molecular formula is C21H27FN2O2. The first-order valence-electron chi connectivity index (χ1n) is 9.47. The van der Waals surface area contributed by atoms with Crippen molar-refractivity contribution in [3.05, 3.63) is 52.7 Å². The molecule has 1 aliphatic rings. The number of carbonyl (C=O) groups excluding carboxylic acids is 1. The maximum atomic E-state index is 13.3. The molecule has 4 nitrogen and oxygen atoms in total. The summed E-state index contributed by atoms with van der Waals surface area (Å²) in [6.45, 7) is 5.47. The summed E-state index contributed by atoms with van der Waals surface area (Å²) in [5.41, 5.74) is 2.96. The predicted octanol–water partition coefficient (Wildman–Crippen LogP) is 4.23. The molecular weight excluding hydrogens is 331 g/mol. The Morgan fingerprint density at radius 3 is 2.92 bits per heavy atom. The summed E-state index contributed by atoms with van der Waals surface area (Å²) in [6.07, 6.45) is 5.23. The van der Waals surface area contributed by atoms with E-state index < -0.39 is 0 Å². The van der Waals surface area contributed by atoms with Gasteiger partial charge < -0.3 is 9.42 Å². The first-order chi connectivity index (χ1) is 12.5. The van der Waals surface area contributed by atoms with Gasteiger partial charge in [-0.3, -0.25) is 4.79 Å². The molecule has 1 aliphatic heterocycles.